The highest BCUT2D eigenvalue weighted by Gasteiger charge is 2.09. The highest BCUT2D eigenvalue weighted by atomic mass is 16.1. The number of hydrogen-bond acceptors (Lipinski definition) is 1. The zero-order valence-corrected chi connectivity index (χ0v) is 10.9. The average molecular weight is 218 g/mol. The largest absolute Gasteiger partial charge is 0.295 e. The van der Waals surface area contributed by atoms with Crippen LogP contribution in [0, 0.1) is 0 Å². The third kappa shape index (κ3) is 4.18. The second-order valence-corrected chi connectivity index (χ2v) is 5.00. The molecule has 0 unspecified atom stereocenters. The second kappa shape index (κ2) is 5.83. The minimum atomic E-state index is 0.233. The van der Waals surface area contributed by atoms with E-state index < -0.39 is 0 Å². The van der Waals surface area contributed by atoms with Gasteiger partial charge in [-0.05, 0) is 53.0 Å². The molecule has 1 aliphatic carbocycles. The van der Waals surface area contributed by atoms with E-state index in [0.717, 1.165) is 24.8 Å². The first-order chi connectivity index (χ1) is 7.49. The van der Waals surface area contributed by atoms with Gasteiger partial charge in [-0.3, -0.25) is 4.79 Å². The Bertz CT molecular complexity index is 363. The van der Waals surface area contributed by atoms with E-state index in [1.165, 1.54) is 16.7 Å². The first-order valence-electron chi connectivity index (χ1n) is 6.00. The quantitative estimate of drug-likeness (QED) is 0.508. The van der Waals surface area contributed by atoms with Crippen LogP contribution in [0.2, 0.25) is 0 Å². The molecule has 1 rings (SSSR count). The van der Waals surface area contributed by atoms with Crippen LogP contribution in [0.3, 0.4) is 0 Å². The van der Waals surface area contributed by atoms with Gasteiger partial charge in [-0.25, -0.2) is 0 Å². The molecule has 88 valence electrons. The van der Waals surface area contributed by atoms with Crippen molar-refractivity contribution < 1.29 is 4.79 Å². The van der Waals surface area contributed by atoms with E-state index in [9.17, 15) is 4.79 Å². The Balaban J connectivity index is 2.64. The predicted octanol–water partition coefficient (Wildman–Crippen LogP) is 4.36. The topological polar surface area (TPSA) is 17.1 Å². The molecule has 0 atom stereocenters. The Kier molecular flexibility index (Phi) is 4.72. The van der Waals surface area contributed by atoms with Crippen molar-refractivity contribution >= 4 is 5.78 Å². The lowest BCUT2D eigenvalue weighted by molar-refractivity contribution is -0.114. The molecule has 0 aromatic rings. The Morgan fingerprint density at radius 2 is 2.00 bits per heavy atom. The zero-order chi connectivity index (χ0) is 12.1. The third-order valence-corrected chi connectivity index (χ3v) is 3.01. The molecule has 0 heterocycles. The number of carbonyl (C=O) groups is 1. The number of hydrogen-bond donors (Lipinski definition) is 0. The summed E-state index contributed by atoms with van der Waals surface area (Å²) in [6.07, 6.45) is 7.95. The van der Waals surface area contributed by atoms with Crippen LogP contribution in [0.15, 0.2) is 34.4 Å². The van der Waals surface area contributed by atoms with E-state index >= 15 is 0 Å². The molecule has 0 aromatic carbocycles. The van der Waals surface area contributed by atoms with Crippen molar-refractivity contribution in [3.8, 4) is 0 Å². The fraction of sp³-hybridized carbons (Fsp3) is 0.533. The second-order valence-electron chi connectivity index (χ2n) is 5.00. The molecule has 1 heteroatoms. The molecule has 0 saturated carbocycles. The SMILES string of the molecule is CC(C)=CC(=O)CC(C)=C1CC=C(C)CC1. The van der Waals surface area contributed by atoms with Crippen molar-refractivity contribution in [3.05, 3.63) is 34.4 Å². The summed E-state index contributed by atoms with van der Waals surface area (Å²) < 4.78 is 0. The maximum absolute atomic E-state index is 11.6. The van der Waals surface area contributed by atoms with Crippen LogP contribution < -0.4 is 0 Å². The smallest absolute Gasteiger partial charge is 0.159 e. The average Bonchev–Trinajstić information content (AvgIpc) is 2.16. The van der Waals surface area contributed by atoms with Crippen molar-refractivity contribution in [1.29, 1.82) is 0 Å². The highest BCUT2D eigenvalue weighted by Crippen LogP contribution is 2.26. The lowest BCUT2D eigenvalue weighted by atomic mass is 9.90. The van der Waals surface area contributed by atoms with Crippen molar-refractivity contribution in [2.45, 2.75) is 53.4 Å². The molecule has 0 N–H and O–H groups in total. The van der Waals surface area contributed by atoms with Crippen LogP contribution in [0.25, 0.3) is 0 Å². The van der Waals surface area contributed by atoms with Crippen LogP contribution in [0.4, 0.5) is 0 Å². The fourth-order valence-electron chi connectivity index (χ4n) is 2.00. The Hall–Kier alpha value is -1.11. The number of ketones is 1. The molecule has 0 saturated heterocycles. The standard InChI is InChI=1S/C15H22O/c1-11(2)9-15(16)10-13(4)14-7-5-12(3)6-8-14/h5,9H,6-8,10H2,1-4H3. The summed E-state index contributed by atoms with van der Waals surface area (Å²) in [4.78, 5) is 11.6. The molecule has 0 radical (unpaired) electrons. The molecule has 0 bridgehead atoms. The van der Waals surface area contributed by atoms with Gasteiger partial charge < -0.3 is 0 Å². The molecule has 0 aromatic heterocycles. The van der Waals surface area contributed by atoms with E-state index in [2.05, 4.69) is 19.9 Å². The first kappa shape index (κ1) is 13.0. The summed E-state index contributed by atoms with van der Waals surface area (Å²) in [5.74, 6) is 0.233. The summed E-state index contributed by atoms with van der Waals surface area (Å²) in [5, 5.41) is 0. The van der Waals surface area contributed by atoms with E-state index in [0.29, 0.717) is 6.42 Å². The van der Waals surface area contributed by atoms with Gasteiger partial charge in [0.15, 0.2) is 5.78 Å². The van der Waals surface area contributed by atoms with Crippen LogP contribution in [0.1, 0.15) is 53.4 Å². The lowest BCUT2D eigenvalue weighted by Gasteiger charge is -2.15. The van der Waals surface area contributed by atoms with Crippen molar-refractivity contribution in [3.63, 3.8) is 0 Å². The molecule has 0 aliphatic heterocycles. The van der Waals surface area contributed by atoms with E-state index in [1.807, 2.05) is 13.8 Å². The fourth-order valence-corrected chi connectivity index (χ4v) is 2.00. The molecular weight excluding hydrogens is 196 g/mol. The molecule has 0 spiro atoms. The summed E-state index contributed by atoms with van der Waals surface area (Å²) in [6.45, 7) is 8.21. The van der Waals surface area contributed by atoms with Crippen molar-refractivity contribution in [1.82, 2.24) is 0 Å². The van der Waals surface area contributed by atoms with Gasteiger partial charge in [-0.15, -0.1) is 0 Å². The van der Waals surface area contributed by atoms with Gasteiger partial charge in [-0.2, -0.15) is 0 Å². The van der Waals surface area contributed by atoms with Gasteiger partial charge in [-0.1, -0.05) is 28.4 Å². The monoisotopic (exact) mass is 218 g/mol. The van der Waals surface area contributed by atoms with Crippen LogP contribution >= 0.6 is 0 Å². The molecule has 1 nitrogen and oxygen atoms in total. The van der Waals surface area contributed by atoms with Crippen molar-refractivity contribution in [2.24, 2.45) is 0 Å². The van der Waals surface area contributed by atoms with Gasteiger partial charge in [0.05, 0.1) is 0 Å². The summed E-state index contributed by atoms with van der Waals surface area (Å²) in [7, 11) is 0. The molecular formula is C15H22O. The molecule has 16 heavy (non-hydrogen) atoms. The summed E-state index contributed by atoms with van der Waals surface area (Å²) in [5.41, 5.74) is 5.29. The minimum absolute atomic E-state index is 0.233. The Morgan fingerprint density at radius 3 is 2.50 bits per heavy atom. The maximum Gasteiger partial charge on any atom is 0.159 e. The van der Waals surface area contributed by atoms with E-state index in [-0.39, 0.29) is 5.78 Å². The number of rotatable bonds is 3. The van der Waals surface area contributed by atoms with Gasteiger partial charge in [0.1, 0.15) is 0 Å². The third-order valence-electron chi connectivity index (χ3n) is 3.01. The maximum atomic E-state index is 11.6. The zero-order valence-electron chi connectivity index (χ0n) is 10.9. The molecule has 0 fully saturated rings. The van der Waals surface area contributed by atoms with Gasteiger partial charge >= 0.3 is 0 Å². The molecule has 1 aliphatic rings. The highest BCUT2D eigenvalue weighted by molar-refractivity contribution is 5.91. The Morgan fingerprint density at radius 1 is 1.31 bits per heavy atom. The number of allylic oxidation sites excluding steroid dienone is 6. The number of carbonyl (C=O) groups excluding carboxylic acids is 1. The summed E-state index contributed by atoms with van der Waals surface area (Å²) >= 11 is 0. The normalized spacial score (nSPS) is 18.9. The Labute approximate surface area is 98.9 Å². The van der Waals surface area contributed by atoms with Crippen molar-refractivity contribution in [2.75, 3.05) is 0 Å². The van der Waals surface area contributed by atoms with Crippen LogP contribution in [-0.4, -0.2) is 5.78 Å². The van der Waals surface area contributed by atoms with Gasteiger partial charge in [0.25, 0.3) is 0 Å². The molecule has 0 amide bonds. The lowest BCUT2D eigenvalue weighted by Crippen LogP contribution is -2.00. The minimum Gasteiger partial charge on any atom is -0.295 e. The predicted molar refractivity (Wildman–Crippen MR) is 69.4 cm³/mol. The summed E-state index contributed by atoms with van der Waals surface area (Å²) in [6, 6.07) is 0. The van der Waals surface area contributed by atoms with Gasteiger partial charge in [0.2, 0.25) is 0 Å². The van der Waals surface area contributed by atoms with Gasteiger partial charge in [0, 0.05) is 6.42 Å². The van der Waals surface area contributed by atoms with E-state index in [1.54, 1.807) is 6.08 Å². The van der Waals surface area contributed by atoms with Crippen LogP contribution in [0.5, 0.6) is 0 Å². The first-order valence-corrected chi connectivity index (χ1v) is 6.00. The van der Waals surface area contributed by atoms with E-state index in [4.69, 9.17) is 0 Å². The van der Waals surface area contributed by atoms with Crippen LogP contribution in [-0.2, 0) is 4.79 Å².